The van der Waals surface area contributed by atoms with Crippen molar-refractivity contribution in [1.29, 1.82) is 0 Å². The molecule has 0 N–H and O–H groups in total. The van der Waals surface area contributed by atoms with Gasteiger partial charge in [0.05, 0.1) is 79.3 Å². The maximum Gasteiger partial charge on any atom is 0.0701 e. The lowest BCUT2D eigenvalue weighted by atomic mass is 10.1. The Kier molecular flexibility index (Phi) is 42.4. The highest BCUT2D eigenvalue weighted by Crippen LogP contribution is 2.12. The van der Waals surface area contributed by atoms with Crippen molar-refractivity contribution < 1.29 is 33.2 Å². The number of hydrogen-bond acceptors (Lipinski definition) is 7. The zero-order valence-electron chi connectivity index (χ0n) is 29.6. The molecule has 0 fully saturated rings. The van der Waals surface area contributed by atoms with E-state index in [0.29, 0.717) is 79.3 Å². The zero-order valence-corrected chi connectivity index (χ0v) is 29.6. The largest absolute Gasteiger partial charge is 0.379 e. The molecule has 7 heteroatoms. The average molecular weight is 633 g/mol. The lowest BCUT2D eigenvalue weighted by Crippen LogP contribution is -2.14. The summed E-state index contributed by atoms with van der Waals surface area (Å²) in [4.78, 5) is 0. The summed E-state index contributed by atoms with van der Waals surface area (Å²) < 4.78 is 39.0. The van der Waals surface area contributed by atoms with Gasteiger partial charge in [-0.05, 0) is 12.8 Å². The quantitative estimate of drug-likeness (QED) is 0.0622. The van der Waals surface area contributed by atoms with Crippen LogP contribution in [0, 0.1) is 0 Å². The molecule has 0 saturated carbocycles. The molecule has 0 aliphatic rings. The second kappa shape index (κ2) is 42.7. The molecule has 0 aromatic carbocycles. The Balaban J connectivity index is 3.03. The predicted molar refractivity (Wildman–Crippen MR) is 184 cm³/mol. The van der Waals surface area contributed by atoms with Crippen molar-refractivity contribution in [2.45, 2.75) is 149 Å². The van der Waals surface area contributed by atoms with Crippen LogP contribution < -0.4 is 0 Å². The third-order valence-corrected chi connectivity index (χ3v) is 7.77. The molecule has 0 aromatic heterocycles. The summed E-state index contributed by atoms with van der Waals surface area (Å²) in [6.07, 6.45) is 28.5. The minimum absolute atomic E-state index is 0.568. The number of unbranched alkanes of at least 4 members (excludes halogenated alkanes) is 19. The molecule has 0 radical (unpaired) electrons. The van der Waals surface area contributed by atoms with Gasteiger partial charge in [0.15, 0.2) is 0 Å². The van der Waals surface area contributed by atoms with E-state index in [1.54, 1.807) is 0 Å². The van der Waals surface area contributed by atoms with Crippen LogP contribution in [0.2, 0.25) is 0 Å². The van der Waals surface area contributed by atoms with E-state index >= 15 is 0 Å². The first-order valence-electron chi connectivity index (χ1n) is 19.0. The predicted octanol–water partition coefficient (Wildman–Crippen LogP) is 9.33. The highest BCUT2D eigenvalue weighted by Gasteiger charge is 1.97. The van der Waals surface area contributed by atoms with Crippen molar-refractivity contribution >= 4 is 0 Å². The second-order valence-corrected chi connectivity index (χ2v) is 12.0. The number of rotatable bonds is 41. The van der Waals surface area contributed by atoms with E-state index in [1.165, 1.54) is 122 Å². The summed E-state index contributed by atoms with van der Waals surface area (Å²) in [5.74, 6) is 0. The van der Waals surface area contributed by atoms with Crippen molar-refractivity contribution in [3.8, 4) is 0 Å². The van der Waals surface area contributed by atoms with Crippen LogP contribution in [-0.2, 0) is 33.2 Å². The summed E-state index contributed by atoms with van der Waals surface area (Å²) >= 11 is 0. The molecule has 0 atom stereocenters. The Bertz CT molecular complexity index is 439. The Hall–Kier alpha value is -0.280. The molecular weight excluding hydrogens is 556 g/mol. The Morgan fingerprint density at radius 2 is 0.341 bits per heavy atom. The monoisotopic (exact) mass is 633 g/mol. The first-order valence-corrected chi connectivity index (χ1v) is 19.0. The fourth-order valence-electron chi connectivity index (χ4n) is 4.98. The fraction of sp³-hybridized carbons (Fsp3) is 1.00. The van der Waals surface area contributed by atoms with Crippen molar-refractivity contribution in [3.63, 3.8) is 0 Å². The minimum Gasteiger partial charge on any atom is -0.379 e. The van der Waals surface area contributed by atoms with Gasteiger partial charge in [0.25, 0.3) is 0 Å². The van der Waals surface area contributed by atoms with E-state index in [4.69, 9.17) is 33.2 Å². The summed E-state index contributed by atoms with van der Waals surface area (Å²) in [6.45, 7) is 13.5. The maximum absolute atomic E-state index is 5.66. The van der Waals surface area contributed by atoms with Crippen LogP contribution in [0.5, 0.6) is 0 Å². The minimum atomic E-state index is 0.568. The summed E-state index contributed by atoms with van der Waals surface area (Å²) in [6, 6.07) is 0. The maximum atomic E-state index is 5.66. The van der Waals surface area contributed by atoms with Gasteiger partial charge >= 0.3 is 0 Å². The SMILES string of the molecule is CCCCCCCCCCCCCOCCOCCOCCOCCOCCOCCOCCCCCCCCCCCC. The molecule has 0 saturated heterocycles. The van der Waals surface area contributed by atoms with Crippen molar-refractivity contribution in [2.24, 2.45) is 0 Å². The third kappa shape index (κ3) is 41.7. The molecule has 0 amide bonds. The first kappa shape index (κ1) is 43.7. The van der Waals surface area contributed by atoms with E-state index in [2.05, 4.69) is 13.8 Å². The van der Waals surface area contributed by atoms with Crippen molar-refractivity contribution in [2.75, 3.05) is 92.5 Å². The summed E-state index contributed by atoms with van der Waals surface area (Å²) in [5, 5.41) is 0. The molecule has 0 rings (SSSR count). The van der Waals surface area contributed by atoms with Crippen LogP contribution >= 0.6 is 0 Å². The van der Waals surface area contributed by atoms with Gasteiger partial charge in [0.1, 0.15) is 0 Å². The van der Waals surface area contributed by atoms with E-state index in [9.17, 15) is 0 Å². The van der Waals surface area contributed by atoms with Crippen LogP contribution in [0.25, 0.3) is 0 Å². The number of ether oxygens (including phenoxy) is 7. The van der Waals surface area contributed by atoms with E-state index < -0.39 is 0 Å². The molecule has 44 heavy (non-hydrogen) atoms. The highest BCUT2D eigenvalue weighted by molar-refractivity contribution is 4.49. The molecule has 266 valence electrons. The molecule has 0 aliphatic heterocycles. The van der Waals surface area contributed by atoms with Crippen LogP contribution in [0.15, 0.2) is 0 Å². The second-order valence-electron chi connectivity index (χ2n) is 12.0. The lowest BCUT2D eigenvalue weighted by Gasteiger charge is -2.08. The smallest absolute Gasteiger partial charge is 0.0701 e. The van der Waals surface area contributed by atoms with E-state index in [-0.39, 0.29) is 0 Å². The molecule has 7 nitrogen and oxygen atoms in total. The van der Waals surface area contributed by atoms with Crippen molar-refractivity contribution in [1.82, 2.24) is 0 Å². The Labute approximate surface area is 274 Å². The topological polar surface area (TPSA) is 64.6 Å². The normalized spacial score (nSPS) is 11.6. The molecule has 0 heterocycles. The van der Waals surface area contributed by atoms with Crippen LogP contribution in [0.3, 0.4) is 0 Å². The molecule has 0 bridgehead atoms. The number of hydrogen-bond donors (Lipinski definition) is 0. The molecule has 0 aliphatic carbocycles. The van der Waals surface area contributed by atoms with Gasteiger partial charge in [-0.25, -0.2) is 0 Å². The first-order chi connectivity index (χ1) is 21.9. The summed E-state index contributed by atoms with van der Waals surface area (Å²) in [5.41, 5.74) is 0. The standard InChI is InChI=1S/C37H76O7/c1-3-5-7-9-11-13-15-17-19-21-23-25-39-27-29-41-31-33-43-35-37-44-36-34-42-32-30-40-28-26-38-24-22-20-18-16-14-12-10-8-6-4-2/h3-37H2,1-2H3. The molecular formula is C37H76O7. The highest BCUT2D eigenvalue weighted by atomic mass is 16.6. The lowest BCUT2D eigenvalue weighted by molar-refractivity contribution is -0.0206. The van der Waals surface area contributed by atoms with Gasteiger partial charge in [-0.2, -0.15) is 0 Å². The van der Waals surface area contributed by atoms with Gasteiger partial charge < -0.3 is 33.2 Å². The van der Waals surface area contributed by atoms with Crippen LogP contribution in [0.1, 0.15) is 149 Å². The van der Waals surface area contributed by atoms with E-state index in [0.717, 1.165) is 26.1 Å². The van der Waals surface area contributed by atoms with Gasteiger partial charge in [-0.15, -0.1) is 0 Å². The third-order valence-electron chi connectivity index (χ3n) is 7.77. The molecule has 0 unspecified atom stereocenters. The van der Waals surface area contributed by atoms with Gasteiger partial charge in [-0.3, -0.25) is 0 Å². The van der Waals surface area contributed by atoms with Crippen LogP contribution in [-0.4, -0.2) is 92.5 Å². The van der Waals surface area contributed by atoms with Gasteiger partial charge in [0, 0.05) is 13.2 Å². The molecule has 0 aromatic rings. The average Bonchev–Trinajstić information content (AvgIpc) is 3.04. The fourth-order valence-corrected chi connectivity index (χ4v) is 4.98. The summed E-state index contributed by atoms with van der Waals surface area (Å²) in [7, 11) is 0. The van der Waals surface area contributed by atoms with Gasteiger partial charge in [0.2, 0.25) is 0 Å². The van der Waals surface area contributed by atoms with Crippen molar-refractivity contribution in [3.05, 3.63) is 0 Å². The van der Waals surface area contributed by atoms with Gasteiger partial charge in [-0.1, -0.05) is 136 Å². The van der Waals surface area contributed by atoms with Crippen LogP contribution in [0.4, 0.5) is 0 Å². The molecule has 0 spiro atoms. The van der Waals surface area contributed by atoms with E-state index in [1.807, 2.05) is 0 Å². The zero-order chi connectivity index (χ0) is 31.7. The Morgan fingerprint density at radius 1 is 0.182 bits per heavy atom. The Morgan fingerprint density at radius 3 is 0.545 bits per heavy atom.